The van der Waals surface area contributed by atoms with E-state index < -0.39 is 5.97 Å². The minimum Gasteiger partial charge on any atom is -0.477 e. The minimum atomic E-state index is -1.08. The zero-order valence-corrected chi connectivity index (χ0v) is 12.4. The van der Waals surface area contributed by atoms with Crippen LogP contribution < -0.4 is 5.32 Å². The fraction of sp³-hybridized carbons (Fsp3) is 0.400. The lowest BCUT2D eigenvalue weighted by molar-refractivity contribution is 0.0690. The Labute approximate surface area is 126 Å². The summed E-state index contributed by atoms with van der Waals surface area (Å²) >= 11 is 0. The second-order valence-electron chi connectivity index (χ2n) is 5.61. The first-order valence-corrected chi connectivity index (χ1v) is 7.13. The number of nitrogens with one attached hydrogen (secondary N) is 2. The molecule has 0 radical (unpaired) electrons. The Morgan fingerprint density at radius 3 is 2.77 bits per heavy atom. The number of aromatic amines is 1. The van der Waals surface area contributed by atoms with Crippen molar-refractivity contribution in [1.29, 1.82) is 0 Å². The quantitative estimate of drug-likeness (QED) is 0.784. The van der Waals surface area contributed by atoms with Crippen LogP contribution in [0.15, 0.2) is 10.6 Å². The normalized spacial score (nSPS) is 14.1. The molecule has 1 saturated carbocycles. The Morgan fingerprint density at radius 2 is 2.18 bits per heavy atom. The smallest absolute Gasteiger partial charge is 0.352 e. The van der Waals surface area contributed by atoms with Gasteiger partial charge >= 0.3 is 5.97 Å². The van der Waals surface area contributed by atoms with E-state index in [4.69, 9.17) is 9.63 Å². The summed E-state index contributed by atoms with van der Waals surface area (Å²) in [5.41, 5.74) is 2.04. The monoisotopic (exact) mass is 303 g/mol. The van der Waals surface area contributed by atoms with Crippen molar-refractivity contribution in [1.82, 2.24) is 15.5 Å². The second kappa shape index (κ2) is 5.32. The largest absolute Gasteiger partial charge is 0.477 e. The lowest BCUT2D eigenvalue weighted by Gasteiger charge is -2.03. The van der Waals surface area contributed by atoms with Crippen molar-refractivity contribution >= 4 is 11.9 Å². The number of carbonyl (C=O) groups is 2. The van der Waals surface area contributed by atoms with E-state index in [1.165, 1.54) is 0 Å². The van der Waals surface area contributed by atoms with Gasteiger partial charge in [-0.15, -0.1) is 0 Å². The molecule has 7 nitrogen and oxygen atoms in total. The van der Waals surface area contributed by atoms with Crippen LogP contribution in [0.4, 0.5) is 0 Å². The summed E-state index contributed by atoms with van der Waals surface area (Å²) in [6, 6.07) is 1.86. The average molecular weight is 303 g/mol. The molecule has 0 aliphatic heterocycles. The number of carbonyl (C=O) groups excluding carboxylic acids is 1. The topological polar surface area (TPSA) is 108 Å². The standard InChI is InChI=1S/C15H17N3O4/c1-7-12(8(2)17-13(7)15(20)21)14(19)16-6-10-5-11(22-18-10)9-3-4-9/h5,9,17H,3-4,6H2,1-2H3,(H,16,19)(H,20,21). The van der Waals surface area contributed by atoms with Crippen LogP contribution in [-0.4, -0.2) is 27.1 Å². The van der Waals surface area contributed by atoms with Crippen molar-refractivity contribution in [2.24, 2.45) is 0 Å². The first kappa shape index (κ1) is 14.4. The molecule has 1 amide bonds. The number of hydrogen-bond donors (Lipinski definition) is 3. The van der Waals surface area contributed by atoms with E-state index in [1.807, 2.05) is 6.07 Å². The van der Waals surface area contributed by atoms with Crippen LogP contribution in [0.5, 0.6) is 0 Å². The number of aryl methyl sites for hydroxylation is 1. The van der Waals surface area contributed by atoms with Crippen molar-refractivity contribution < 1.29 is 19.2 Å². The molecule has 0 saturated heterocycles. The number of aromatic nitrogens is 2. The summed E-state index contributed by atoms with van der Waals surface area (Å²) in [7, 11) is 0. The number of aromatic carboxylic acids is 1. The molecule has 0 unspecified atom stereocenters. The van der Waals surface area contributed by atoms with Crippen molar-refractivity contribution in [3.63, 3.8) is 0 Å². The second-order valence-corrected chi connectivity index (χ2v) is 5.61. The highest BCUT2D eigenvalue weighted by molar-refractivity contribution is 6.00. The number of nitrogens with zero attached hydrogens (tertiary/aromatic N) is 1. The van der Waals surface area contributed by atoms with Crippen LogP contribution in [0.2, 0.25) is 0 Å². The summed E-state index contributed by atoms with van der Waals surface area (Å²) < 4.78 is 5.22. The van der Waals surface area contributed by atoms with Crippen LogP contribution in [0.3, 0.4) is 0 Å². The summed E-state index contributed by atoms with van der Waals surface area (Å²) in [6.45, 7) is 3.54. The third-order valence-electron chi connectivity index (χ3n) is 3.87. The molecule has 0 atom stereocenters. The molecule has 1 aliphatic rings. The maximum Gasteiger partial charge on any atom is 0.352 e. The number of H-pyrrole nitrogens is 1. The van der Waals surface area contributed by atoms with Gasteiger partial charge in [-0.25, -0.2) is 4.79 Å². The highest BCUT2D eigenvalue weighted by Crippen LogP contribution is 2.40. The first-order valence-electron chi connectivity index (χ1n) is 7.13. The van der Waals surface area contributed by atoms with Gasteiger partial charge in [0.1, 0.15) is 17.1 Å². The van der Waals surface area contributed by atoms with E-state index in [0.717, 1.165) is 18.6 Å². The third-order valence-corrected chi connectivity index (χ3v) is 3.87. The van der Waals surface area contributed by atoms with Crippen molar-refractivity contribution in [2.45, 2.75) is 39.2 Å². The van der Waals surface area contributed by atoms with Gasteiger partial charge in [0, 0.05) is 17.7 Å². The van der Waals surface area contributed by atoms with Gasteiger partial charge in [-0.1, -0.05) is 5.16 Å². The van der Waals surface area contributed by atoms with Crippen LogP contribution in [0.1, 0.15) is 62.3 Å². The van der Waals surface area contributed by atoms with Crippen LogP contribution in [0.25, 0.3) is 0 Å². The molecule has 0 spiro atoms. The van der Waals surface area contributed by atoms with Crippen LogP contribution in [0, 0.1) is 13.8 Å². The SMILES string of the molecule is Cc1[nH]c(C(=O)O)c(C)c1C(=O)NCc1cc(C2CC2)on1. The lowest BCUT2D eigenvalue weighted by Crippen LogP contribution is -2.24. The summed E-state index contributed by atoms with van der Waals surface area (Å²) in [5, 5.41) is 15.7. The predicted octanol–water partition coefficient (Wildman–Crippen LogP) is 2.13. The Bertz CT molecular complexity index is 740. The van der Waals surface area contributed by atoms with E-state index in [9.17, 15) is 9.59 Å². The van der Waals surface area contributed by atoms with Crippen molar-refractivity contribution in [3.05, 3.63) is 40.0 Å². The van der Waals surface area contributed by atoms with Gasteiger partial charge in [0.25, 0.3) is 5.91 Å². The fourth-order valence-corrected chi connectivity index (χ4v) is 2.54. The van der Waals surface area contributed by atoms with Gasteiger partial charge in [-0.3, -0.25) is 4.79 Å². The maximum absolute atomic E-state index is 12.3. The zero-order valence-electron chi connectivity index (χ0n) is 12.4. The molecule has 3 rings (SSSR count). The van der Waals surface area contributed by atoms with Crippen molar-refractivity contribution in [3.8, 4) is 0 Å². The number of rotatable bonds is 5. The number of carboxylic acids is 1. The summed E-state index contributed by atoms with van der Waals surface area (Å²) in [5.74, 6) is -0.0596. The Hall–Kier alpha value is -2.57. The highest BCUT2D eigenvalue weighted by Gasteiger charge is 2.28. The molecule has 3 N–H and O–H groups in total. The van der Waals surface area contributed by atoms with E-state index in [0.29, 0.717) is 28.4 Å². The van der Waals surface area contributed by atoms with E-state index in [2.05, 4.69) is 15.5 Å². The summed E-state index contributed by atoms with van der Waals surface area (Å²) in [4.78, 5) is 26.1. The Morgan fingerprint density at radius 1 is 1.45 bits per heavy atom. The Balaban J connectivity index is 1.70. The van der Waals surface area contributed by atoms with Crippen LogP contribution in [-0.2, 0) is 6.54 Å². The lowest BCUT2D eigenvalue weighted by atomic mass is 10.1. The fourth-order valence-electron chi connectivity index (χ4n) is 2.54. The molecule has 0 bridgehead atoms. The van der Waals surface area contributed by atoms with Gasteiger partial charge < -0.3 is 19.9 Å². The molecule has 1 aliphatic carbocycles. The Kier molecular flexibility index (Phi) is 3.48. The van der Waals surface area contributed by atoms with Crippen LogP contribution >= 0.6 is 0 Å². The van der Waals surface area contributed by atoms with Gasteiger partial charge in [-0.05, 0) is 32.3 Å². The molecule has 116 valence electrons. The number of hydrogen-bond acceptors (Lipinski definition) is 4. The maximum atomic E-state index is 12.3. The van der Waals surface area contributed by atoms with Gasteiger partial charge in [0.15, 0.2) is 0 Å². The summed E-state index contributed by atoms with van der Waals surface area (Å²) in [6.07, 6.45) is 2.25. The molecular formula is C15H17N3O4. The first-order chi connectivity index (χ1) is 10.5. The van der Waals surface area contributed by atoms with E-state index in [1.54, 1.807) is 13.8 Å². The molecule has 22 heavy (non-hydrogen) atoms. The predicted molar refractivity (Wildman–Crippen MR) is 76.9 cm³/mol. The number of amides is 1. The third kappa shape index (κ3) is 2.61. The van der Waals surface area contributed by atoms with Gasteiger partial charge in [-0.2, -0.15) is 0 Å². The molecule has 1 fully saturated rings. The molecule has 2 aromatic heterocycles. The highest BCUT2D eigenvalue weighted by atomic mass is 16.5. The van der Waals surface area contributed by atoms with E-state index in [-0.39, 0.29) is 18.1 Å². The number of carboxylic acid groups (broad SMARTS) is 1. The van der Waals surface area contributed by atoms with E-state index >= 15 is 0 Å². The molecule has 0 aromatic carbocycles. The molecule has 2 aromatic rings. The zero-order chi connectivity index (χ0) is 15.9. The van der Waals surface area contributed by atoms with Gasteiger partial charge in [0.05, 0.1) is 12.1 Å². The molecular weight excluding hydrogens is 286 g/mol. The average Bonchev–Trinajstić information content (AvgIpc) is 3.13. The minimum absolute atomic E-state index is 0.0418. The van der Waals surface area contributed by atoms with Crippen molar-refractivity contribution in [2.75, 3.05) is 0 Å². The molecule has 2 heterocycles. The molecule has 7 heteroatoms. The van der Waals surface area contributed by atoms with Gasteiger partial charge in [0.2, 0.25) is 0 Å².